The number of rotatable bonds is 6. The van der Waals surface area contributed by atoms with Gasteiger partial charge in [-0.15, -0.1) is 0 Å². The lowest BCUT2D eigenvalue weighted by atomic mass is 10.1. The number of nitrogens with zero attached hydrogens (tertiary/aromatic N) is 2. The van der Waals surface area contributed by atoms with Crippen LogP contribution in [-0.2, 0) is 13.1 Å². The summed E-state index contributed by atoms with van der Waals surface area (Å²) in [4.78, 5) is 14.8. The van der Waals surface area contributed by atoms with Crippen LogP contribution in [0.4, 0.5) is 0 Å². The molecule has 0 aliphatic carbocycles. The van der Waals surface area contributed by atoms with E-state index in [-0.39, 0.29) is 11.6 Å². The van der Waals surface area contributed by atoms with E-state index in [1.807, 2.05) is 48.5 Å². The molecule has 2 heterocycles. The van der Waals surface area contributed by atoms with Gasteiger partial charge in [-0.25, -0.2) is 0 Å². The van der Waals surface area contributed by atoms with Crippen molar-refractivity contribution >= 4 is 17.5 Å². The van der Waals surface area contributed by atoms with E-state index < -0.39 is 0 Å². The Morgan fingerprint density at radius 2 is 1.75 bits per heavy atom. The average Bonchev–Trinajstić information content (AvgIpc) is 3.41. The highest BCUT2D eigenvalue weighted by Gasteiger charge is 2.22. The van der Waals surface area contributed by atoms with Crippen LogP contribution in [0.3, 0.4) is 0 Å². The maximum absolute atomic E-state index is 13.1. The molecule has 0 aliphatic heterocycles. The predicted molar refractivity (Wildman–Crippen MR) is 106 cm³/mol. The van der Waals surface area contributed by atoms with Gasteiger partial charge in [0.25, 0.3) is 5.91 Å². The van der Waals surface area contributed by atoms with Gasteiger partial charge in [-0.1, -0.05) is 59.2 Å². The summed E-state index contributed by atoms with van der Waals surface area (Å²) >= 11 is 5.96. The Morgan fingerprint density at radius 3 is 2.46 bits per heavy atom. The van der Waals surface area contributed by atoms with Gasteiger partial charge in [-0.05, 0) is 29.8 Å². The fraction of sp³-hybridized carbons (Fsp3) is 0.0909. The monoisotopic (exact) mass is 392 g/mol. The van der Waals surface area contributed by atoms with E-state index in [0.29, 0.717) is 29.6 Å². The second-order valence-corrected chi connectivity index (χ2v) is 6.75. The standard InChI is InChI=1S/C22H17ClN2O3/c23-18-10-8-16(9-11-18)14-25(15-19-7-4-12-27-19)22(26)20-13-21(28-24-20)17-5-2-1-3-6-17/h1-13H,14-15H2. The van der Waals surface area contributed by atoms with E-state index in [4.69, 9.17) is 20.5 Å². The molecule has 0 aliphatic rings. The minimum absolute atomic E-state index is 0.239. The number of halogens is 1. The van der Waals surface area contributed by atoms with Gasteiger partial charge in [0.1, 0.15) is 5.76 Å². The third kappa shape index (κ3) is 4.15. The lowest BCUT2D eigenvalue weighted by Gasteiger charge is -2.20. The molecule has 0 saturated heterocycles. The van der Waals surface area contributed by atoms with Crippen molar-refractivity contribution < 1.29 is 13.7 Å². The Bertz CT molecular complexity index is 1040. The summed E-state index contributed by atoms with van der Waals surface area (Å²) in [5.74, 6) is 1.000. The molecule has 1 amide bonds. The van der Waals surface area contributed by atoms with Crippen molar-refractivity contribution in [1.82, 2.24) is 10.1 Å². The van der Waals surface area contributed by atoms with Crippen LogP contribution in [0.25, 0.3) is 11.3 Å². The van der Waals surface area contributed by atoms with Gasteiger partial charge in [-0.3, -0.25) is 4.79 Å². The Balaban J connectivity index is 1.59. The van der Waals surface area contributed by atoms with Gasteiger partial charge < -0.3 is 13.8 Å². The Labute approximate surface area is 167 Å². The zero-order valence-corrected chi connectivity index (χ0v) is 15.7. The first-order valence-electron chi connectivity index (χ1n) is 8.77. The molecule has 4 rings (SSSR count). The number of hydrogen-bond donors (Lipinski definition) is 0. The zero-order chi connectivity index (χ0) is 19.3. The first-order valence-corrected chi connectivity index (χ1v) is 9.15. The normalized spacial score (nSPS) is 10.8. The molecule has 2 aromatic heterocycles. The summed E-state index contributed by atoms with van der Waals surface area (Å²) in [5, 5.41) is 4.63. The highest BCUT2D eigenvalue weighted by Crippen LogP contribution is 2.22. The highest BCUT2D eigenvalue weighted by molar-refractivity contribution is 6.30. The molecule has 0 fully saturated rings. The molecule has 28 heavy (non-hydrogen) atoms. The minimum Gasteiger partial charge on any atom is -0.467 e. The Morgan fingerprint density at radius 1 is 0.964 bits per heavy atom. The first-order chi connectivity index (χ1) is 13.7. The number of carbonyl (C=O) groups excluding carboxylic acids is 1. The molecule has 0 N–H and O–H groups in total. The lowest BCUT2D eigenvalue weighted by Crippen LogP contribution is -2.30. The average molecular weight is 393 g/mol. The van der Waals surface area contributed by atoms with Crippen molar-refractivity contribution in [2.75, 3.05) is 0 Å². The molecule has 0 spiro atoms. The van der Waals surface area contributed by atoms with E-state index in [9.17, 15) is 4.79 Å². The van der Waals surface area contributed by atoms with Crippen LogP contribution in [0.2, 0.25) is 5.02 Å². The molecule has 6 heteroatoms. The minimum atomic E-state index is -0.239. The number of hydrogen-bond acceptors (Lipinski definition) is 4. The van der Waals surface area contributed by atoms with E-state index in [2.05, 4.69) is 5.16 Å². The van der Waals surface area contributed by atoms with E-state index >= 15 is 0 Å². The van der Waals surface area contributed by atoms with Crippen LogP contribution >= 0.6 is 11.6 Å². The molecule has 2 aromatic carbocycles. The van der Waals surface area contributed by atoms with Gasteiger partial charge in [0.2, 0.25) is 0 Å². The lowest BCUT2D eigenvalue weighted by molar-refractivity contribution is 0.0707. The Kier molecular flexibility index (Phi) is 5.26. The predicted octanol–water partition coefficient (Wildman–Crippen LogP) is 5.43. The van der Waals surface area contributed by atoms with Crippen LogP contribution in [0.5, 0.6) is 0 Å². The van der Waals surface area contributed by atoms with E-state index in [1.165, 1.54) is 0 Å². The molecule has 0 unspecified atom stereocenters. The SMILES string of the molecule is O=C(c1cc(-c2ccccc2)on1)N(Cc1ccc(Cl)cc1)Cc1ccco1. The number of carbonyl (C=O) groups is 1. The molecule has 0 saturated carbocycles. The molecule has 4 aromatic rings. The van der Waals surface area contributed by atoms with Crippen LogP contribution in [0, 0.1) is 0 Å². The van der Waals surface area contributed by atoms with E-state index in [0.717, 1.165) is 11.1 Å². The maximum atomic E-state index is 13.1. The summed E-state index contributed by atoms with van der Waals surface area (Å²) in [6, 6.07) is 22.2. The van der Waals surface area contributed by atoms with Crippen molar-refractivity contribution in [2.24, 2.45) is 0 Å². The van der Waals surface area contributed by atoms with Gasteiger partial charge in [-0.2, -0.15) is 0 Å². The molecular weight excluding hydrogens is 376 g/mol. The van der Waals surface area contributed by atoms with Crippen molar-refractivity contribution in [3.8, 4) is 11.3 Å². The fourth-order valence-electron chi connectivity index (χ4n) is 2.88. The number of aromatic nitrogens is 1. The smallest absolute Gasteiger partial charge is 0.276 e. The Hall–Kier alpha value is -3.31. The second kappa shape index (κ2) is 8.15. The maximum Gasteiger partial charge on any atom is 0.276 e. The van der Waals surface area contributed by atoms with Gasteiger partial charge >= 0.3 is 0 Å². The third-order valence-corrected chi connectivity index (χ3v) is 4.54. The summed E-state index contributed by atoms with van der Waals surface area (Å²) in [6.07, 6.45) is 1.59. The molecular formula is C22H17ClN2O3. The van der Waals surface area contributed by atoms with Gasteiger partial charge in [0.05, 0.1) is 12.8 Å². The topological polar surface area (TPSA) is 59.5 Å². The summed E-state index contributed by atoms with van der Waals surface area (Å²) in [7, 11) is 0. The number of amides is 1. The van der Waals surface area contributed by atoms with Crippen molar-refractivity contribution in [1.29, 1.82) is 0 Å². The fourth-order valence-corrected chi connectivity index (χ4v) is 3.00. The molecule has 0 atom stereocenters. The van der Waals surface area contributed by atoms with Crippen LogP contribution < -0.4 is 0 Å². The van der Waals surface area contributed by atoms with Gasteiger partial charge in [0, 0.05) is 23.2 Å². The zero-order valence-electron chi connectivity index (χ0n) is 14.9. The van der Waals surface area contributed by atoms with E-state index in [1.54, 1.807) is 35.4 Å². The summed E-state index contributed by atoms with van der Waals surface area (Å²) in [6.45, 7) is 0.715. The van der Waals surface area contributed by atoms with Crippen LogP contribution in [0.15, 0.2) is 88.0 Å². The number of benzene rings is 2. The highest BCUT2D eigenvalue weighted by atomic mass is 35.5. The molecule has 0 bridgehead atoms. The second-order valence-electron chi connectivity index (χ2n) is 6.31. The van der Waals surface area contributed by atoms with Gasteiger partial charge in [0.15, 0.2) is 11.5 Å². The van der Waals surface area contributed by atoms with Crippen molar-refractivity contribution in [2.45, 2.75) is 13.1 Å². The van der Waals surface area contributed by atoms with Crippen LogP contribution in [0.1, 0.15) is 21.8 Å². The first kappa shape index (κ1) is 18.1. The summed E-state index contributed by atoms with van der Waals surface area (Å²) in [5.41, 5.74) is 2.07. The largest absolute Gasteiger partial charge is 0.467 e. The molecule has 5 nitrogen and oxygen atoms in total. The van der Waals surface area contributed by atoms with Crippen molar-refractivity contribution in [3.63, 3.8) is 0 Å². The molecule has 0 radical (unpaired) electrons. The summed E-state index contributed by atoms with van der Waals surface area (Å²) < 4.78 is 10.8. The third-order valence-electron chi connectivity index (χ3n) is 4.29. The van der Waals surface area contributed by atoms with Crippen molar-refractivity contribution in [3.05, 3.63) is 101 Å². The van der Waals surface area contributed by atoms with Crippen LogP contribution in [-0.4, -0.2) is 16.0 Å². The number of furan rings is 1. The molecule has 140 valence electrons. The quantitative estimate of drug-likeness (QED) is 0.439.